The molecule has 0 bridgehead atoms. The number of aryl methyl sites for hydroxylation is 1. The molecule has 0 fully saturated rings. The van der Waals surface area contributed by atoms with E-state index >= 15 is 0 Å². The second-order valence-electron chi connectivity index (χ2n) is 4.78. The molecular weight excluding hydrogens is 290 g/mol. The van der Waals surface area contributed by atoms with Gasteiger partial charge in [-0.2, -0.15) is 0 Å². The third kappa shape index (κ3) is 2.25. The number of carbonyl (C=O) groups is 1. The number of oxime groups is 1. The smallest absolute Gasteiger partial charge is 0.281 e. The fraction of sp³-hybridized carbons (Fsp3) is 0.133. The van der Waals surface area contributed by atoms with E-state index < -0.39 is 0 Å². The standard InChI is InChI=1S/C15H12ClN3O2/c1-9-6-10(16)7-12-13(18-21)15(20)19(14(9)12)8-11-4-2-3-5-17-11/h2-7,21H,8H2,1H3/b18-13-. The highest BCUT2D eigenvalue weighted by Gasteiger charge is 2.36. The average molecular weight is 302 g/mol. The number of rotatable bonds is 2. The van der Waals surface area contributed by atoms with Crippen LogP contribution in [0.25, 0.3) is 0 Å². The number of amides is 1. The maximum absolute atomic E-state index is 12.4. The fourth-order valence-corrected chi connectivity index (χ4v) is 2.79. The number of pyridine rings is 1. The van der Waals surface area contributed by atoms with Gasteiger partial charge in [-0.05, 0) is 36.8 Å². The largest absolute Gasteiger partial charge is 0.410 e. The van der Waals surface area contributed by atoms with Crippen LogP contribution in [0.15, 0.2) is 41.7 Å². The van der Waals surface area contributed by atoms with Crippen LogP contribution in [0.2, 0.25) is 5.02 Å². The van der Waals surface area contributed by atoms with Crippen LogP contribution in [0.1, 0.15) is 16.8 Å². The van der Waals surface area contributed by atoms with Gasteiger partial charge in [-0.1, -0.05) is 22.8 Å². The summed E-state index contributed by atoms with van der Waals surface area (Å²) >= 11 is 6.03. The summed E-state index contributed by atoms with van der Waals surface area (Å²) in [7, 11) is 0. The summed E-state index contributed by atoms with van der Waals surface area (Å²) in [5.74, 6) is -0.358. The molecule has 1 N–H and O–H groups in total. The summed E-state index contributed by atoms with van der Waals surface area (Å²) in [5, 5.41) is 12.8. The van der Waals surface area contributed by atoms with E-state index in [4.69, 9.17) is 16.8 Å². The number of hydrogen-bond donors (Lipinski definition) is 1. The number of nitrogens with zero attached hydrogens (tertiary/aromatic N) is 3. The molecule has 0 unspecified atom stereocenters. The predicted molar refractivity (Wildman–Crippen MR) is 79.9 cm³/mol. The number of fused-ring (bicyclic) bond motifs is 1. The van der Waals surface area contributed by atoms with E-state index in [9.17, 15) is 4.79 Å². The Balaban J connectivity index is 2.10. The minimum atomic E-state index is -0.358. The molecule has 0 radical (unpaired) electrons. The van der Waals surface area contributed by atoms with Crippen LogP contribution in [0, 0.1) is 6.92 Å². The van der Waals surface area contributed by atoms with Crippen LogP contribution in [-0.4, -0.2) is 21.8 Å². The zero-order valence-corrected chi connectivity index (χ0v) is 12.0. The molecule has 6 heteroatoms. The Hall–Kier alpha value is -2.40. The van der Waals surface area contributed by atoms with Gasteiger partial charge >= 0.3 is 0 Å². The van der Waals surface area contributed by atoms with E-state index in [1.165, 1.54) is 0 Å². The molecule has 2 aromatic rings. The topological polar surface area (TPSA) is 65.8 Å². The molecule has 1 aliphatic heterocycles. The van der Waals surface area contributed by atoms with E-state index in [1.54, 1.807) is 23.2 Å². The van der Waals surface area contributed by atoms with Gasteiger partial charge in [0.25, 0.3) is 5.91 Å². The molecule has 0 saturated heterocycles. The third-order valence-electron chi connectivity index (χ3n) is 3.38. The van der Waals surface area contributed by atoms with Gasteiger partial charge in [-0.3, -0.25) is 14.7 Å². The molecule has 21 heavy (non-hydrogen) atoms. The summed E-state index contributed by atoms with van der Waals surface area (Å²) in [5.41, 5.74) is 2.86. The molecule has 1 aliphatic rings. The Morgan fingerprint density at radius 1 is 1.38 bits per heavy atom. The second-order valence-corrected chi connectivity index (χ2v) is 5.22. The minimum Gasteiger partial charge on any atom is -0.410 e. The first kappa shape index (κ1) is 13.6. The number of hydrogen-bond acceptors (Lipinski definition) is 4. The van der Waals surface area contributed by atoms with Crippen molar-refractivity contribution in [2.24, 2.45) is 5.16 Å². The van der Waals surface area contributed by atoms with Gasteiger partial charge in [0.15, 0.2) is 5.71 Å². The van der Waals surface area contributed by atoms with Crippen molar-refractivity contribution < 1.29 is 10.0 Å². The summed E-state index contributed by atoms with van der Waals surface area (Å²) in [6.07, 6.45) is 1.67. The van der Waals surface area contributed by atoms with Gasteiger partial charge in [0.1, 0.15) is 0 Å². The number of halogens is 1. The van der Waals surface area contributed by atoms with Crippen molar-refractivity contribution in [2.75, 3.05) is 4.90 Å². The van der Waals surface area contributed by atoms with E-state index in [1.807, 2.05) is 25.1 Å². The lowest BCUT2D eigenvalue weighted by Gasteiger charge is -2.18. The second kappa shape index (κ2) is 5.18. The number of carbonyl (C=O) groups excluding carboxylic acids is 1. The SMILES string of the molecule is Cc1cc(Cl)cc2c1N(Cc1ccccn1)C(=O)/C2=N\O. The van der Waals surface area contributed by atoms with Crippen molar-refractivity contribution >= 4 is 28.9 Å². The summed E-state index contributed by atoms with van der Waals surface area (Å²) in [6.45, 7) is 2.18. The molecular formula is C15H12ClN3O2. The highest BCUT2D eigenvalue weighted by molar-refractivity contribution is 6.54. The Morgan fingerprint density at radius 2 is 2.19 bits per heavy atom. The molecule has 0 atom stereocenters. The summed E-state index contributed by atoms with van der Waals surface area (Å²) in [6, 6.07) is 8.93. The molecule has 3 rings (SSSR count). The molecule has 0 spiro atoms. The Morgan fingerprint density at radius 3 is 2.86 bits per heavy atom. The molecule has 0 aliphatic carbocycles. The monoisotopic (exact) mass is 301 g/mol. The molecule has 1 aromatic heterocycles. The maximum atomic E-state index is 12.4. The number of aromatic nitrogens is 1. The molecule has 1 amide bonds. The zero-order valence-electron chi connectivity index (χ0n) is 11.2. The normalized spacial score (nSPS) is 15.6. The van der Waals surface area contributed by atoms with Crippen molar-refractivity contribution in [1.29, 1.82) is 0 Å². The quantitative estimate of drug-likeness (QED) is 0.685. The Kier molecular flexibility index (Phi) is 3.35. The summed E-state index contributed by atoms with van der Waals surface area (Å²) < 4.78 is 0. The van der Waals surface area contributed by atoms with Gasteiger partial charge in [-0.25, -0.2) is 0 Å². The number of benzene rings is 1. The van der Waals surface area contributed by atoms with Crippen LogP contribution in [0.4, 0.5) is 5.69 Å². The van der Waals surface area contributed by atoms with Crippen molar-refractivity contribution in [1.82, 2.24) is 4.98 Å². The fourth-order valence-electron chi connectivity index (χ4n) is 2.52. The average Bonchev–Trinajstić information content (AvgIpc) is 2.72. The molecule has 106 valence electrons. The predicted octanol–water partition coefficient (Wildman–Crippen LogP) is 2.77. The van der Waals surface area contributed by atoms with Crippen molar-refractivity contribution in [3.8, 4) is 0 Å². The lowest BCUT2D eigenvalue weighted by atomic mass is 10.1. The molecule has 1 aromatic carbocycles. The maximum Gasteiger partial charge on any atom is 0.281 e. The first-order valence-electron chi connectivity index (χ1n) is 6.36. The highest BCUT2D eigenvalue weighted by atomic mass is 35.5. The highest BCUT2D eigenvalue weighted by Crippen LogP contribution is 2.36. The molecule has 2 heterocycles. The van der Waals surface area contributed by atoms with Crippen LogP contribution < -0.4 is 4.90 Å². The molecule has 5 nitrogen and oxygen atoms in total. The minimum absolute atomic E-state index is 0.00605. The van der Waals surface area contributed by atoms with Crippen LogP contribution in [0.5, 0.6) is 0 Å². The lowest BCUT2D eigenvalue weighted by Crippen LogP contribution is -2.30. The Labute approximate surface area is 126 Å². The van der Waals surface area contributed by atoms with Crippen molar-refractivity contribution in [2.45, 2.75) is 13.5 Å². The van der Waals surface area contributed by atoms with Gasteiger partial charge < -0.3 is 5.21 Å². The van der Waals surface area contributed by atoms with Gasteiger partial charge in [-0.15, -0.1) is 0 Å². The first-order valence-corrected chi connectivity index (χ1v) is 6.74. The number of anilines is 1. The van der Waals surface area contributed by atoms with Crippen molar-refractivity contribution in [3.05, 3.63) is 58.4 Å². The van der Waals surface area contributed by atoms with Crippen LogP contribution in [0.3, 0.4) is 0 Å². The van der Waals surface area contributed by atoms with E-state index in [0.29, 0.717) is 22.8 Å². The van der Waals surface area contributed by atoms with Gasteiger partial charge in [0, 0.05) is 16.8 Å². The summed E-state index contributed by atoms with van der Waals surface area (Å²) in [4.78, 5) is 18.2. The first-order chi connectivity index (χ1) is 10.1. The lowest BCUT2D eigenvalue weighted by molar-refractivity contribution is -0.112. The van der Waals surface area contributed by atoms with Gasteiger partial charge in [0.2, 0.25) is 0 Å². The van der Waals surface area contributed by atoms with Crippen molar-refractivity contribution in [3.63, 3.8) is 0 Å². The van der Waals surface area contributed by atoms with Crippen LogP contribution in [-0.2, 0) is 11.3 Å². The van der Waals surface area contributed by atoms with E-state index in [0.717, 1.165) is 11.3 Å². The zero-order chi connectivity index (χ0) is 15.0. The van der Waals surface area contributed by atoms with Gasteiger partial charge in [0.05, 0.1) is 17.9 Å². The Bertz CT molecular complexity index is 744. The van der Waals surface area contributed by atoms with E-state index in [-0.39, 0.29) is 11.6 Å². The molecule has 0 saturated carbocycles. The van der Waals surface area contributed by atoms with E-state index in [2.05, 4.69) is 10.1 Å². The third-order valence-corrected chi connectivity index (χ3v) is 3.60. The van der Waals surface area contributed by atoms with Crippen LogP contribution >= 0.6 is 11.6 Å².